The van der Waals surface area contributed by atoms with Gasteiger partial charge in [0.15, 0.2) is 0 Å². The van der Waals surface area contributed by atoms with Gasteiger partial charge in [0.1, 0.15) is 5.82 Å². The highest BCUT2D eigenvalue weighted by Crippen LogP contribution is 2.59. The van der Waals surface area contributed by atoms with Crippen molar-refractivity contribution in [3.8, 4) is 0 Å². The highest BCUT2D eigenvalue weighted by atomic mass is 19.1. The third kappa shape index (κ3) is 2.19. The van der Waals surface area contributed by atoms with Crippen LogP contribution < -0.4 is 10.6 Å². The van der Waals surface area contributed by atoms with E-state index in [9.17, 15) is 9.50 Å². The normalized spacial score (nSPS) is 49.7. The SMILES string of the molecule is CC1(c2ccccc2F)CNC(C2C3CC4CC2CC(O)(C4)C3)N1. The van der Waals surface area contributed by atoms with Crippen LogP contribution >= 0.6 is 0 Å². The van der Waals surface area contributed by atoms with E-state index in [2.05, 4.69) is 17.6 Å². The largest absolute Gasteiger partial charge is 0.390 e. The minimum atomic E-state index is -0.388. The van der Waals surface area contributed by atoms with E-state index in [1.165, 1.54) is 12.8 Å². The maximum atomic E-state index is 14.3. The van der Waals surface area contributed by atoms with Crippen LogP contribution in [0.2, 0.25) is 0 Å². The number of benzene rings is 1. The van der Waals surface area contributed by atoms with Gasteiger partial charge < -0.3 is 5.11 Å². The van der Waals surface area contributed by atoms with Crippen molar-refractivity contribution < 1.29 is 9.50 Å². The van der Waals surface area contributed by atoms with Gasteiger partial charge in [-0.15, -0.1) is 0 Å². The summed E-state index contributed by atoms with van der Waals surface area (Å²) in [5.74, 6) is 2.37. The van der Waals surface area contributed by atoms with E-state index < -0.39 is 0 Å². The molecule has 4 atom stereocenters. The molecule has 130 valence electrons. The second-order valence-electron chi connectivity index (χ2n) is 9.09. The molecule has 4 saturated carbocycles. The highest BCUT2D eigenvalue weighted by molar-refractivity contribution is 5.28. The molecule has 0 spiro atoms. The van der Waals surface area contributed by atoms with Crippen LogP contribution in [0.25, 0.3) is 0 Å². The fraction of sp³-hybridized carbons (Fsp3) is 0.700. The van der Waals surface area contributed by atoms with E-state index in [-0.39, 0.29) is 23.1 Å². The van der Waals surface area contributed by atoms with E-state index in [1.54, 1.807) is 12.1 Å². The average Bonchev–Trinajstić information content (AvgIpc) is 2.88. The summed E-state index contributed by atoms with van der Waals surface area (Å²) in [5, 5.41) is 18.2. The number of hydrogen-bond donors (Lipinski definition) is 3. The zero-order chi connectivity index (χ0) is 16.5. The smallest absolute Gasteiger partial charge is 0.128 e. The first-order valence-corrected chi connectivity index (χ1v) is 9.44. The first-order chi connectivity index (χ1) is 11.5. The molecule has 4 unspecified atom stereocenters. The average molecular weight is 330 g/mol. The Morgan fingerprint density at radius 2 is 1.83 bits per heavy atom. The molecule has 1 aromatic carbocycles. The zero-order valence-corrected chi connectivity index (χ0v) is 14.3. The van der Waals surface area contributed by atoms with Gasteiger partial charge in [-0.2, -0.15) is 0 Å². The molecule has 6 rings (SSSR count). The number of rotatable bonds is 2. The van der Waals surface area contributed by atoms with Crippen molar-refractivity contribution in [2.75, 3.05) is 6.54 Å². The Balaban J connectivity index is 1.39. The summed E-state index contributed by atoms with van der Waals surface area (Å²) in [6.07, 6.45) is 5.69. The monoisotopic (exact) mass is 330 g/mol. The van der Waals surface area contributed by atoms with Crippen molar-refractivity contribution >= 4 is 0 Å². The maximum absolute atomic E-state index is 14.3. The van der Waals surface area contributed by atoms with Crippen molar-refractivity contribution in [3.63, 3.8) is 0 Å². The zero-order valence-electron chi connectivity index (χ0n) is 14.3. The van der Waals surface area contributed by atoms with E-state index in [4.69, 9.17) is 0 Å². The molecule has 5 fully saturated rings. The summed E-state index contributed by atoms with van der Waals surface area (Å²) >= 11 is 0. The number of nitrogens with one attached hydrogen (secondary N) is 2. The van der Waals surface area contributed by atoms with Crippen molar-refractivity contribution in [1.82, 2.24) is 10.6 Å². The Morgan fingerprint density at radius 3 is 2.50 bits per heavy atom. The Labute approximate surface area is 143 Å². The van der Waals surface area contributed by atoms with Crippen LogP contribution in [-0.4, -0.2) is 23.4 Å². The summed E-state index contributed by atoms with van der Waals surface area (Å²) < 4.78 is 14.3. The molecule has 0 radical (unpaired) electrons. The Morgan fingerprint density at radius 1 is 1.12 bits per heavy atom. The molecule has 4 aliphatic carbocycles. The molecule has 4 heteroatoms. The molecule has 3 N–H and O–H groups in total. The van der Waals surface area contributed by atoms with Gasteiger partial charge in [0.05, 0.1) is 17.3 Å². The van der Waals surface area contributed by atoms with Crippen LogP contribution in [0.5, 0.6) is 0 Å². The summed E-state index contributed by atoms with van der Waals surface area (Å²) in [6, 6.07) is 7.11. The minimum Gasteiger partial charge on any atom is -0.390 e. The standard InChI is InChI=1S/C20H27FN2O/c1-19(15-4-2-3-5-16(15)21)11-22-18(23-19)17-13-6-12-7-14(17)10-20(24,8-12)9-13/h2-5,12-14,17-18,22-24H,6-11H2,1H3. The summed E-state index contributed by atoms with van der Waals surface area (Å²) in [5.41, 5.74) is 0.00427. The molecule has 5 aliphatic rings. The van der Waals surface area contributed by atoms with Crippen LogP contribution in [0.1, 0.15) is 44.6 Å². The van der Waals surface area contributed by atoms with Crippen molar-refractivity contribution in [3.05, 3.63) is 35.6 Å². The lowest BCUT2D eigenvalue weighted by Gasteiger charge is -2.59. The van der Waals surface area contributed by atoms with Gasteiger partial charge in [0.25, 0.3) is 0 Å². The molecule has 24 heavy (non-hydrogen) atoms. The minimum absolute atomic E-state index is 0.130. The quantitative estimate of drug-likeness (QED) is 0.781. The lowest BCUT2D eigenvalue weighted by Crippen LogP contribution is -2.60. The molecule has 0 amide bonds. The van der Waals surface area contributed by atoms with Crippen LogP contribution in [0.3, 0.4) is 0 Å². The van der Waals surface area contributed by atoms with Gasteiger partial charge in [0.2, 0.25) is 0 Å². The molecule has 1 aromatic rings. The van der Waals surface area contributed by atoms with Crippen LogP contribution in [0, 0.1) is 29.5 Å². The molecule has 1 saturated heterocycles. The fourth-order valence-electron chi connectivity index (χ4n) is 6.64. The Bertz CT molecular complexity index is 649. The van der Waals surface area contributed by atoms with Crippen molar-refractivity contribution in [1.29, 1.82) is 0 Å². The lowest BCUT2D eigenvalue weighted by atomic mass is 9.49. The van der Waals surface area contributed by atoms with E-state index in [1.807, 2.05) is 12.1 Å². The molecular weight excluding hydrogens is 303 g/mol. The van der Waals surface area contributed by atoms with E-state index in [0.717, 1.165) is 37.3 Å². The number of aliphatic hydroxyl groups is 1. The predicted molar refractivity (Wildman–Crippen MR) is 90.7 cm³/mol. The fourth-order valence-corrected chi connectivity index (χ4v) is 6.64. The molecule has 0 aromatic heterocycles. The summed E-state index contributed by atoms with van der Waals surface area (Å²) in [4.78, 5) is 0. The number of hydrogen-bond acceptors (Lipinski definition) is 3. The second-order valence-corrected chi connectivity index (χ2v) is 9.09. The van der Waals surface area contributed by atoms with Gasteiger partial charge in [-0.3, -0.25) is 10.6 Å². The van der Waals surface area contributed by atoms with Crippen molar-refractivity contribution in [2.24, 2.45) is 23.7 Å². The molecule has 1 aliphatic heterocycles. The van der Waals surface area contributed by atoms with Gasteiger partial charge in [0, 0.05) is 12.1 Å². The first kappa shape index (κ1) is 15.3. The third-order valence-corrected chi connectivity index (χ3v) is 7.32. The molecule has 4 bridgehead atoms. The molecule has 1 heterocycles. The summed E-state index contributed by atoms with van der Waals surface area (Å²) in [6.45, 7) is 2.85. The first-order valence-electron chi connectivity index (χ1n) is 9.44. The van der Waals surface area contributed by atoms with Gasteiger partial charge in [-0.25, -0.2) is 4.39 Å². The third-order valence-electron chi connectivity index (χ3n) is 7.32. The van der Waals surface area contributed by atoms with Crippen LogP contribution in [0.15, 0.2) is 24.3 Å². The van der Waals surface area contributed by atoms with Crippen LogP contribution in [0.4, 0.5) is 4.39 Å². The summed E-state index contributed by atoms with van der Waals surface area (Å²) in [7, 11) is 0. The predicted octanol–water partition coefficient (Wildman–Crippen LogP) is 2.75. The second kappa shape index (κ2) is 5.03. The Hall–Kier alpha value is -0.970. The highest BCUT2D eigenvalue weighted by Gasteiger charge is 2.57. The molecule has 3 nitrogen and oxygen atoms in total. The van der Waals surface area contributed by atoms with Gasteiger partial charge in [-0.05, 0) is 68.8 Å². The maximum Gasteiger partial charge on any atom is 0.128 e. The number of halogens is 1. The molecular formula is C20H27FN2O. The van der Waals surface area contributed by atoms with Crippen LogP contribution in [-0.2, 0) is 5.54 Å². The lowest BCUT2D eigenvalue weighted by molar-refractivity contribution is -0.158. The van der Waals surface area contributed by atoms with E-state index in [0.29, 0.717) is 17.8 Å². The van der Waals surface area contributed by atoms with Gasteiger partial charge in [-0.1, -0.05) is 18.2 Å². The van der Waals surface area contributed by atoms with Gasteiger partial charge >= 0.3 is 0 Å². The topological polar surface area (TPSA) is 44.3 Å². The van der Waals surface area contributed by atoms with Crippen molar-refractivity contribution in [2.45, 2.75) is 56.3 Å². The van der Waals surface area contributed by atoms with E-state index >= 15 is 0 Å². The Kier molecular flexibility index (Phi) is 3.20.